The van der Waals surface area contributed by atoms with Crippen molar-refractivity contribution in [2.24, 2.45) is 0 Å². The third-order valence-electron chi connectivity index (χ3n) is 11.1. The average molecular weight is 677 g/mol. The van der Waals surface area contributed by atoms with Crippen molar-refractivity contribution in [1.29, 1.82) is 0 Å². The van der Waals surface area contributed by atoms with E-state index in [0.29, 0.717) is 5.82 Å². The molecule has 250 valence electrons. The highest BCUT2D eigenvalue weighted by Crippen LogP contribution is 2.53. The van der Waals surface area contributed by atoms with E-state index in [-0.39, 0.29) is 5.41 Å². The maximum Gasteiger partial charge on any atom is 0.161 e. The molecule has 1 heterocycles. The molecule has 0 amide bonds. The molecule has 0 radical (unpaired) electrons. The van der Waals surface area contributed by atoms with E-state index in [0.717, 1.165) is 50.0 Å². The van der Waals surface area contributed by atoms with E-state index in [9.17, 15) is 0 Å². The molecular weight excluding hydrogens is 641 g/mol. The number of aromatic nitrogens is 2. The van der Waals surface area contributed by atoms with E-state index in [2.05, 4.69) is 184 Å². The number of hydrogen-bond donors (Lipinski definition) is 0. The minimum Gasteiger partial charge on any atom is -0.228 e. The van der Waals surface area contributed by atoms with Crippen molar-refractivity contribution >= 4 is 21.5 Å². The molecule has 2 nitrogen and oxygen atoms in total. The van der Waals surface area contributed by atoms with Gasteiger partial charge in [-0.05, 0) is 84.3 Å². The Kier molecular flexibility index (Phi) is 7.19. The topological polar surface area (TPSA) is 25.8 Å². The summed E-state index contributed by atoms with van der Waals surface area (Å²) >= 11 is 0. The second-order valence-corrected chi connectivity index (χ2v) is 14.6. The third-order valence-corrected chi connectivity index (χ3v) is 11.1. The maximum atomic E-state index is 5.29. The van der Waals surface area contributed by atoms with Crippen LogP contribution in [0.1, 0.15) is 25.0 Å². The van der Waals surface area contributed by atoms with Gasteiger partial charge in [-0.3, -0.25) is 0 Å². The van der Waals surface area contributed by atoms with Crippen LogP contribution in [-0.2, 0) is 5.41 Å². The summed E-state index contributed by atoms with van der Waals surface area (Å²) in [7, 11) is 0. The molecule has 0 bridgehead atoms. The Morgan fingerprint density at radius 1 is 0.358 bits per heavy atom. The summed E-state index contributed by atoms with van der Waals surface area (Å²) in [5, 5.41) is 4.85. The molecule has 0 unspecified atom stereocenters. The summed E-state index contributed by atoms with van der Waals surface area (Å²) in [4.78, 5) is 10.6. The van der Waals surface area contributed by atoms with Crippen LogP contribution in [0, 0.1) is 0 Å². The fourth-order valence-electron chi connectivity index (χ4n) is 8.37. The quantitative estimate of drug-likeness (QED) is 0.181. The molecule has 2 heteroatoms. The minimum atomic E-state index is -0.0858. The minimum absolute atomic E-state index is 0.0858. The molecule has 0 fully saturated rings. The molecule has 0 saturated heterocycles. The fourth-order valence-corrected chi connectivity index (χ4v) is 8.37. The Hall–Kier alpha value is -6.64. The summed E-state index contributed by atoms with van der Waals surface area (Å²) in [6, 6.07) is 65.3. The normalized spacial score (nSPS) is 12.9. The zero-order valence-corrected chi connectivity index (χ0v) is 29.7. The fraction of sp³-hybridized carbons (Fsp3) is 0.0588. The van der Waals surface area contributed by atoms with Crippen molar-refractivity contribution in [1.82, 2.24) is 9.97 Å². The van der Waals surface area contributed by atoms with Crippen molar-refractivity contribution < 1.29 is 0 Å². The highest BCUT2D eigenvalue weighted by atomic mass is 14.9. The number of benzene rings is 8. The van der Waals surface area contributed by atoms with Gasteiger partial charge in [-0.1, -0.05) is 178 Å². The van der Waals surface area contributed by atoms with Crippen molar-refractivity contribution in [3.8, 4) is 67.3 Å². The Labute approximate surface area is 310 Å². The zero-order valence-electron chi connectivity index (χ0n) is 29.7. The monoisotopic (exact) mass is 676 g/mol. The van der Waals surface area contributed by atoms with E-state index in [1.54, 1.807) is 0 Å². The summed E-state index contributed by atoms with van der Waals surface area (Å²) in [5.74, 6) is 0.716. The highest BCUT2D eigenvalue weighted by Gasteiger charge is 2.37. The van der Waals surface area contributed by atoms with Crippen LogP contribution in [0.4, 0.5) is 0 Å². The number of hydrogen-bond acceptors (Lipinski definition) is 2. The predicted octanol–water partition coefficient (Wildman–Crippen LogP) is 13.4. The van der Waals surface area contributed by atoms with Gasteiger partial charge >= 0.3 is 0 Å². The van der Waals surface area contributed by atoms with Gasteiger partial charge in [0.15, 0.2) is 5.82 Å². The first-order valence-corrected chi connectivity index (χ1v) is 18.3. The van der Waals surface area contributed by atoms with Crippen LogP contribution in [0.3, 0.4) is 0 Å². The molecule has 9 aromatic rings. The van der Waals surface area contributed by atoms with Crippen LogP contribution >= 0.6 is 0 Å². The van der Waals surface area contributed by atoms with Gasteiger partial charge < -0.3 is 0 Å². The maximum absolute atomic E-state index is 5.29. The van der Waals surface area contributed by atoms with Gasteiger partial charge in [0, 0.05) is 22.1 Å². The zero-order chi connectivity index (χ0) is 35.5. The van der Waals surface area contributed by atoms with Crippen LogP contribution in [0.5, 0.6) is 0 Å². The lowest BCUT2D eigenvalue weighted by Gasteiger charge is -2.22. The first-order chi connectivity index (χ1) is 26.0. The highest BCUT2D eigenvalue weighted by molar-refractivity contribution is 6.04. The summed E-state index contributed by atoms with van der Waals surface area (Å²) in [6.45, 7) is 4.72. The number of rotatable bonds is 5. The smallest absolute Gasteiger partial charge is 0.161 e. The van der Waals surface area contributed by atoms with Gasteiger partial charge in [0.05, 0.1) is 11.4 Å². The molecule has 53 heavy (non-hydrogen) atoms. The van der Waals surface area contributed by atoms with Crippen molar-refractivity contribution in [3.05, 3.63) is 193 Å². The molecule has 0 spiro atoms. The lowest BCUT2D eigenvalue weighted by molar-refractivity contribution is 0.661. The molecule has 1 aliphatic rings. The molecular formula is C51H36N2. The van der Waals surface area contributed by atoms with E-state index in [1.165, 1.54) is 44.2 Å². The van der Waals surface area contributed by atoms with Crippen LogP contribution in [0.25, 0.3) is 88.8 Å². The second kappa shape index (κ2) is 12.3. The molecule has 1 aromatic heterocycles. The van der Waals surface area contributed by atoms with Gasteiger partial charge in [0.2, 0.25) is 0 Å². The first-order valence-electron chi connectivity index (χ1n) is 18.3. The van der Waals surface area contributed by atoms with E-state index < -0.39 is 0 Å². The van der Waals surface area contributed by atoms with Crippen molar-refractivity contribution in [2.45, 2.75) is 19.3 Å². The molecule has 8 aromatic carbocycles. The van der Waals surface area contributed by atoms with Gasteiger partial charge in [-0.25, -0.2) is 9.97 Å². The lowest BCUT2D eigenvalue weighted by atomic mass is 9.81. The van der Waals surface area contributed by atoms with Gasteiger partial charge in [0.25, 0.3) is 0 Å². The molecule has 10 rings (SSSR count). The molecule has 0 aliphatic heterocycles. The summed E-state index contributed by atoms with van der Waals surface area (Å²) in [6.07, 6.45) is 0. The number of nitrogens with zero attached hydrogens (tertiary/aromatic N) is 2. The lowest BCUT2D eigenvalue weighted by Crippen LogP contribution is -2.14. The van der Waals surface area contributed by atoms with Crippen LogP contribution in [-0.4, -0.2) is 9.97 Å². The van der Waals surface area contributed by atoms with Crippen molar-refractivity contribution in [2.75, 3.05) is 0 Å². The molecule has 0 saturated carbocycles. The van der Waals surface area contributed by atoms with Crippen molar-refractivity contribution in [3.63, 3.8) is 0 Å². The molecule has 1 aliphatic carbocycles. The number of fused-ring (bicyclic) bond motifs is 5. The summed E-state index contributed by atoms with van der Waals surface area (Å²) < 4.78 is 0. The molecule has 0 atom stereocenters. The van der Waals surface area contributed by atoms with Crippen LogP contribution < -0.4 is 0 Å². The standard InChI is InChI=1S/C51H36N2/c1-51(2)44-23-13-22-40(48(44)43-30-38-19-9-10-20-39(38)31-45(43)51)34-24-26-35(27-25-34)42-29-28-33-14-11-12-21-41(33)49(42)50-52-46(36-15-5-3-6-16-36)32-47(53-50)37-17-7-4-8-18-37/h3-32H,1-2H3. The average Bonchev–Trinajstić information content (AvgIpc) is 3.45. The first kappa shape index (κ1) is 31.1. The Morgan fingerprint density at radius 3 is 1.55 bits per heavy atom. The SMILES string of the molecule is CC1(C)c2cc3ccccc3cc2-c2c(-c3ccc(-c4ccc5ccccc5c4-c4nc(-c5ccccc5)cc(-c5ccccc5)n4)cc3)cccc21. The van der Waals surface area contributed by atoms with E-state index in [1.807, 2.05) is 12.1 Å². The predicted molar refractivity (Wildman–Crippen MR) is 222 cm³/mol. The van der Waals surface area contributed by atoms with Gasteiger partial charge in [0.1, 0.15) is 0 Å². The van der Waals surface area contributed by atoms with Crippen LogP contribution in [0.15, 0.2) is 182 Å². The molecule has 0 N–H and O–H groups in total. The van der Waals surface area contributed by atoms with E-state index in [4.69, 9.17) is 9.97 Å². The largest absolute Gasteiger partial charge is 0.228 e. The Morgan fingerprint density at radius 2 is 0.906 bits per heavy atom. The van der Waals surface area contributed by atoms with E-state index >= 15 is 0 Å². The van der Waals surface area contributed by atoms with Gasteiger partial charge in [-0.15, -0.1) is 0 Å². The van der Waals surface area contributed by atoms with Gasteiger partial charge in [-0.2, -0.15) is 0 Å². The Balaban J connectivity index is 1.14. The Bertz CT molecular complexity index is 2780. The third kappa shape index (κ3) is 5.18. The second-order valence-electron chi connectivity index (χ2n) is 14.6. The van der Waals surface area contributed by atoms with Crippen LogP contribution in [0.2, 0.25) is 0 Å². The summed E-state index contributed by atoms with van der Waals surface area (Å²) in [5.41, 5.74) is 15.0.